The lowest BCUT2D eigenvalue weighted by Crippen LogP contribution is -2.30. The van der Waals surface area contributed by atoms with Crippen molar-refractivity contribution in [3.05, 3.63) is 16.1 Å². The zero-order chi connectivity index (χ0) is 12.4. The molecule has 1 atom stereocenters. The van der Waals surface area contributed by atoms with Crippen molar-refractivity contribution in [2.45, 2.75) is 26.2 Å². The summed E-state index contributed by atoms with van der Waals surface area (Å²) in [6.45, 7) is 6.44. The molecule has 1 aromatic rings. The van der Waals surface area contributed by atoms with Gasteiger partial charge in [-0.3, -0.25) is 4.79 Å². The van der Waals surface area contributed by atoms with Gasteiger partial charge in [-0.25, -0.2) is 4.98 Å². The van der Waals surface area contributed by atoms with E-state index in [1.807, 2.05) is 10.3 Å². The molecule has 0 aliphatic carbocycles. The number of amides is 1. The first-order valence-electron chi connectivity index (χ1n) is 6.06. The van der Waals surface area contributed by atoms with Crippen LogP contribution in [-0.2, 0) is 0 Å². The maximum absolute atomic E-state index is 12.2. The minimum absolute atomic E-state index is 0. The minimum atomic E-state index is 0. The molecule has 1 unspecified atom stereocenters. The van der Waals surface area contributed by atoms with Gasteiger partial charge in [0.25, 0.3) is 5.91 Å². The molecule has 4 nitrogen and oxygen atoms in total. The van der Waals surface area contributed by atoms with Crippen LogP contribution in [-0.4, -0.2) is 35.4 Å². The number of thiazole rings is 1. The van der Waals surface area contributed by atoms with Gasteiger partial charge in [0, 0.05) is 24.4 Å². The van der Waals surface area contributed by atoms with E-state index in [-0.39, 0.29) is 30.7 Å². The first-order chi connectivity index (χ1) is 8.11. The van der Waals surface area contributed by atoms with Gasteiger partial charge in [-0.1, -0.05) is 13.8 Å². The lowest BCUT2D eigenvalue weighted by molar-refractivity contribution is 0.0782. The van der Waals surface area contributed by atoms with Crippen LogP contribution < -0.4 is 5.73 Å². The van der Waals surface area contributed by atoms with Crippen LogP contribution >= 0.6 is 36.2 Å². The molecule has 0 bridgehead atoms. The number of hydrogen-bond donors (Lipinski definition) is 1. The molecule has 7 heteroatoms. The predicted molar refractivity (Wildman–Crippen MR) is 83.8 cm³/mol. The van der Waals surface area contributed by atoms with Gasteiger partial charge < -0.3 is 10.6 Å². The van der Waals surface area contributed by atoms with E-state index >= 15 is 0 Å². The number of carbonyl (C=O) groups excluding carboxylic acids is 1. The number of hydrogen-bond acceptors (Lipinski definition) is 4. The van der Waals surface area contributed by atoms with Gasteiger partial charge in [0.05, 0.1) is 5.01 Å². The molecule has 1 amide bonds. The molecule has 1 aliphatic heterocycles. The van der Waals surface area contributed by atoms with Gasteiger partial charge in [0.2, 0.25) is 0 Å². The Hall–Kier alpha value is -0.360. The monoisotopic (exact) mass is 325 g/mol. The number of likely N-dealkylation sites (tertiary alicyclic amines) is 1. The summed E-state index contributed by atoms with van der Waals surface area (Å²) >= 11 is 1.57. The number of aromatic nitrogens is 1. The van der Waals surface area contributed by atoms with E-state index in [1.165, 1.54) is 0 Å². The summed E-state index contributed by atoms with van der Waals surface area (Å²) in [6, 6.07) is 0. The average molecular weight is 326 g/mol. The molecule has 0 spiro atoms. The van der Waals surface area contributed by atoms with Crippen LogP contribution in [0.1, 0.15) is 41.7 Å². The number of rotatable bonds is 3. The molecule has 2 rings (SSSR count). The number of nitrogens with two attached hydrogens (primary N) is 1. The SMILES string of the molecule is CC(C)c1nc(C(=O)N2CCC(CN)C2)cs1.Cl.Cl. The van der Waals surface area contributed by atoms with Gasteiger partial charge in [-0.2, -0.15) is 0 Å². The van der Waals surface area contributed by atoms with Crippen LogP contribution in [0.15, 0.2) is 5.38 Å². The number of carbonyl (C=O) groups is 1. The van der Waals surface area contributed by atoms with Crippen LogP contribution in [0.5, 0.6) is 0 Å². The molecule has 0 saturated carbocycles. The summed E-state index contributed by atoms with van der Waals surface area (Å²) in [6.07, 6.45) is 1.02. The fourth-order valence-electron chi connectivity index (χ4n) is 2.02. The van der Waals surface area contributed by atoms with E-state index < -0.39 is 0 Å². The zero-order valence-corrected chi connectivity index (χ0v) is 13.6. The Bertz CT molecular complexity index is 411. The lowest BCUT2D eigenvalue weighted by atomic mass is 10.1. The second-order valence-electron chi connectivity index (χ2n) is 4.87. The maximum Gasteiger partial charge on any atom is 0.273 e. The molecule has 2 N–H and O–H groups in total. The van der Waals surface area contributed by atoms with Crippen LogP contribution in [0.4, 0.5) is 0 Å². The molecule has 1 aromatic heterocycles. The second-order valence-corrected chi connectivity index (χ2v) is 5.76. The smallest absolute Gasteiger partial charge is 0.273 e. The van der Waals surface area contributed by atoms with Crippen molar-refractivity contribution in [2.75, 3.05) is 19.6 Å². The number of halogens is 2. The summed E-state index contributed by atoms with van der Waals surface area (Å²) in [7, 11) is 0. The van der Waals surface area contributed by atoms with Crippen molar-refractivity contribution >= 4 is 42.1 Å². The zero-order valence-electron chi connectivity index (χ0n) is 11.2. The van der Waals surface area contributed by atoms with Crippen molar-refractivity contribution in [3.63, 3.8) is 0 Å². The van der Waals surface area contributed by atoms with Gasteiger partial charge in [-0.15, -0.1) is 36.2 Å². The third-order valence-corrected chi connectivity index (χ3v) is 4.29. The normalized spacial score (nSPS) is 18.1. The Kier molecular flexibility index (Phi) is 7.89. The maximum atomic E-state index is 12.2. The molecular formula is C12H21Cl2N3OS. The van der Waals surface area contributed by atoms with E-state index in [1.54, 1.807) is 11.3 Å². The average Bonchev–Trinajstić information content (AvgIpc) is 2.97. The largest absolute Gasteiger partial charge is 0.337 e. The highest BCUT2D eigenvalue weighted by Gasteiger charge is 2.27. The Morgan fingerprint density at radius 2 is 2.26 bits per heavy atom. The van der Waals surface area contributed by atoms with Crippen LogP contribution in [0, 0.1) is 5.92 Å². The molecule has 19 heavy (non-hydrogen) atoms. The summed E-state index contributed by atoms with van der Waals surface area (Å²) < 4.78 is 0. The van der Waals surface area contributed by atoms with Gasteiger partial charge in [-0.05, 0) is 18.9 Å². The fraction of sp³-hybridized carbons (Fsp3) is 0.667. The molecule has 1 fully saturated rings. The highest BCUT2D eigenvalue weighted by molar-refractivity contribution is 7.09. The molecule has 2 heterocycles. The van der Waals surface area contributed by atoms with Crippen LogP contribution in [0.25, 0.3) is 0 Å². The van der Waals surface area contributed by atoms with Crippen molar-refractivity contribution < 1.29 is 4.79 Å². The van der Waals surface area contributed by atoms with E-state index in [0.29, 0.717) is 24.1 Å². The van der Waals surface area contributed by atoms with Crippen molar-refractivity contribution in [1.82, 2.24) is 9.88 Å². The Balaban J connectivity index is 0.00000162. The standard InChI is InChI=1S/C12H19N3OS.2ClH/c1-8(2)11-14-10(7-17-11)12(16)15-4-3-9(5-13)6-15;;/h7-9H,3-6,13H2,1-2H3;2*1H. The highest BCUT2D eigenvalue weighted by Crippen LogP contribution is 2.22. The Labute approximate surface area is 130 Å². The molecule has 1 aliphatic rings. The third kappa shape index (κ3) is 4.31. The Morgan fingerprint density at radius 1 is 1.58 bits per heavy atom. The first-order valence-corrected chi connectivity index (χ1v) is 6.94. The first kappa shape index (κ1) is 18.6. The minimum Gasteiger partial charge on any atom is -0.337 e. The van der Waals surface area contributed by atoms with Crippen molar-refractivity contribution in [3.8, 4) is 0 Å². The fourth-order valence-corrected chi connectivity index (χ4v) is 2.83. The highest BCUT2D eigenvalue weighted by atomic mass is 35.5. The molecular weight excluding hydrogens is 305 g/mol. The summed E-state index contributed by atoms with van der Waals surface area (Å²) in [5.74, 6) is 0.906. The predicted octanol–water partition coefficient (Wildman–Crippen LogP) is 2.53. The molecule has 0 aromatic carbocycles. The molecule has 0 radical (unpaired) electrons. The third-order valence-electron chi connectivity index (χ3n) is 3.14. The lowest BCUT2D eigenvalue weighted by Gasteiger charge is -2.14. The summed E-state index contributed by atoms with van der Waals surface area (Å²) in [5, 5.41) is 2.90. The van der Waals surface area contributed by atoms with E-state index in [0.717, 1.165) is 24.5 Å². The van der Waals surface area contributed by atoms with Crippen LogP contribution in [0.3, 0.4) is 0 Å². The number of nitrogens with zero attached hydrogens (tertiary/aromatic N) is 2. The topological polar surface area (TPSA) is 59.2 Å². The molecule has 110 valence electrons. The van der Waals surface area contributed by atoms with Gasteiger partial charge >= 0.3 is 0 Å². The van der Waals surface area contributed by atoms with E-state index in [9.17, 15) is 4.79 Å². The van der Waals surface area contributed by atoms with Crippen molar-refractivity contribution in [1.29, 1.82) is 0 Å². The quantitative estimate of drug-likeness (QED) is 0.928. The van der Waals surface area contributed by atoms with Crippen LogP contribution in [0.2, 0.25) is 0 Å². The van der Waals surface area contributed by atoms with Crippen molar-refractivity contribution in [2.24, 2.45) is 11.7 Å². The second kappa shape index (κ2) is 8.04. The molecule has 1 saturated heterocycles. The van der Waals surface area contributed by atoms with E-state index in [4.69, 9.17) is 5.73 Å². The summed E-state index contributed by atoms with van der Waals surface area (Å²) in [5.41, 5.74) is 6.22. The van der Waals surface area contributed by atoms with E-state index in [2.05, 4.69) is 18.8 Å². The summed E-state index contributed by atoms with van der Waals surface area (Å²) in [4.78, 5) is 18.4. The van der Waals surface area contributed by atoms with Gasteiger partial charge in [0.15, 0.2) is 0 Å². The van der Waals surface area contributed by atoms with Gasteiger partial charge in [0.1, 0.15) is 5.69 Å². The Morgan fingerprint density at radius 3 is 2.74 bits per heavy atom.